The van der Waals surface area contributed by atoms with E-state index < -0.39 is 24.4 Å². The molecular formula is C26H50O5. The van der Waals surface area contributed by atoms with Gasteiger partial charge in [0.1, 0.15) is 31.0 Å². The normalized spacial score (nSPS) is 22.4. The molecule has 184 valence electrons. The maximum Gasteiger partial charge on any atom is 0.117 e. The highest BCUT2D eigenvalue weighted by atomic mass is 16.5. The van der Waals surface area contributed by atoms with Crippen LogP contribution in [0.5, 0.6) is 0 Å². The van der Waals surface area contributed by atoms with Gasteiger partial charge in [-0.05, 0) is 18.9 Å². The molecule has 0 aromatic heterocycles. The molecule has 5 nitrogen and oxygen atoms in total. The molecule has 0 unspecified atom stereocenters. The summed E-state index contributed by atoms with van der Waals surface area (Å²) in [6, 6.07) is 0. The lowest BCUT2D eigenvalue weighted by Crippen LogP contribution is -2.40. The third-order valence-electron chi connectivity index (χ3n) is 6.25. The fourth-order valence-corrected chi connectivity index (χ4v) is 4.16. The molecule has 1 saturated heterocycles. The number of aliphatic hydroxyl groups excluding tert-OH is 3. The summed E-state index contributed by atoms with van der Waals surface area (Å²) in [5.74, 6) is 0. The molecule has 0 saturated carbocycles. The summed E-state index contributed by atoms with van der Waals surface area (Å²) in [6.45, 7) is 2.39. The predicted octanol–water partition coefficient (Wildman–Crippen LogP) is 5.65. The average molecular weight is 443 g/mol. The highest BCUT2D eigenvalue weighted by Crippen LogP contribution is 2.18. The Labute approximate surface area is 191 Å². The summed E-state index contributed by atoms with van der Waals surface area (Å²) in [4.78, 5) is 0. The van der Waals surface area contributed by atoms with Crippen molar-refractivity contribution < 1.29 is 24.8 Å². The van der Waals surface area contributed by atoms with E-state index in [0.29, 0.717) is 0 Å². The van der Waals surface area contributed by atoms with Crippen LogP contribution in [0.3, 0.4) is 0 Å². The zero-order valence-electron chi connectivity index (χ0n) is 20.1. The van der Waals surface area contributed by atoms with Crippen LogP contribution < -0.4 is 0 Å². The zero-order valence-corrected chi connectivity index (χ0v) is 20.1. The van der Waals surface area contributed by atoms with Crippen molar-refractivity contribution in [2.75, 3.05) is 13.2 Å². The number of ether oxygens (including phenoxy) is 2. The summed E-state index contributed by atoms with van der Waals surface area (Å²) in [6.07, 6.45) is 22.9. The van der Waals surface area contributed by atoms with Crippen LogP contribution in [0.25, 0.3) is 0 Å². The van der Waals surface area contributed by atoms with Gasteiger partial charge in [0.05, 0.1) is 12.9 Å². The summed E-state index contributed by atoms with van der Waals surface area (Å²) >= 11 is 0. The van der Waals surface area contributed by atoms with Crippen molar-refractivity contribution in [1.82, 2.24) is 0 Å². The number of aliphatic hydroxyl groups is 3. The molecule has 0 aliphatic carbocycles. The number of hydrogen-bond donors (Lipinski definition) is 3. The van der Waals surface area contributed by atoms with Crippen molar-refractivity contribution in [3.8, 4) is 0 Å². The molecule has 4 atom stereocenters. The maximum absolute atomic E-state index is 9.93. The molecule has 1 rings (SSSR count). The molecule has 3 N–H and O–H groups in total. The Hall–Kier alpha value is -0.620. The van der Waals surface area contributed by atoms with Crippen LogP contribution in [0.4, 0.5) is 0 Å². The standard InChI is InChI=1S/C26H50O5/c1-2-3-4-5-6-7-8-9-10-11-12-13-14-15-16-17-18-19-20-30-21-24(28)26-25(29)23(27)22-31-26/h19-20,23-29H,2-18,21-22H2,1H3/b20-19+/t23-,24+,25-,26-/m0/s1. The molecule has 0 spiro atoms. The summed E-state index contributed by atoms with van der Waals surface area (Å²) < 4.78 is 10.5. The summed E-state index contributed by atoms with van der Waals surface area (Å²) in [5.41, 5.74) is 0. The quantitative estimate of drug-likeness (QED) is 0.158. The molecule has 1 heterocycles. The van der Waals surface area contributed by atoms with E-state index in [0.717, 1.165) is 12.8 Å². The molecule has 5 heteroatoms. The molecule has 1 aliphatic rings. The molecule has 0 aromatic carbocycles. The van der Waals surface area contributed by atoms with Gasteiger partial charge in [-0.3, -0.25) is 0 Å². The smallest absolute Gasteiger partial charge is 0.117 e. The van der Waals surface area contributed by atoms with Crippen LogP contribution in [0.15, 0.2) is 12.3 Å². The van der Waals surface area contributed by atoms with Gasteiger partial charge in [-0.15, -0.1) is 0 Å². The molecule has 0 amide bonds. The SMILES string of the molecule is CCCCCCCCCCCCCCCCCC/C=C/OC[C@@H](O)[C@@H]1OC[C@H](O)[C@@H]1O. The topological polar surface area (TPSA) is 79.2 Å². The molecule has 0 radical (unpaired) electrons. The Kier molecular flexibility index (Phi) is 18.3. The van der Waals surface area contributed by atoms with E-state index >= 15 is 0 Å². The Balaban J connectivity index is 1.77. The number of unbranched alkanes of at least 4 members (excludes halogenated alkanes) is 16. The minimum Gasteiger partial charge on any atom is -0.499 e. The number of rotatable bonds is 21. The second-order valence-electron chi connectivity index (χ2n) is 9.22. The first-order valence-electron chi connectivity index (χ1n) is 13.1. The van der Waals surface area contributed by atoms with Gasteiger partial charge in [0.15, 0.2) is 0 Å². The second kappa shape index (κ2) is 20.0. The molecule has 0 bridgehead atoms. The number of allylic oxidation sites excluding steroid dienone is 1. The lowest BCUT2D eigenvalue weighted by molar-refractivity contribution is -0.0703. The van der Waals surface area contributed by atoms with E-state index in [1.165, 1.54) is 96.3 Å². The monoisotopic (exact) mass is 442 g/mol. The summed E-state index contributed by atoms with van der Waals surface area (Å²) in [5, 5.41) is 29.0. The van der Waals surface area contributed by atoms with Crippen LogP contribution in [0.2, 0.25) is 0 Å². The van der Waals surface area contributed by atoms with Crippen LogP contribution in [-0.4, -0.2) is 52.9 Å². The molecule has 1 fully saturated rings. The Morgan fingerprint density at radius 3 is 1.74 bits per heavy atom. The Morgan fingerprint density at radius 2 is 1.29 bits per heavy atom. The van der Waals surface area contributed by atoms with E-state index in [9.17, 15) is 15.3 Å². The van der Waals surface area contributed by atoms with Crippen molar-refractivity contribution in [3.05, 3.63) is 12.3 Å². The van der Waals surface area contributed by atoms with Gasteiger partial charge in [-0.1, -0.05) is 103 Å². The van der Waals surface area contributed by atoms with Crippen LogP contribution in [0, 0.1) is 0 Å². The number of hydrogen-bond acceptors (Lipinski definition) is 5. The predicted molar refractivity (Wildman–Crippen MR) is 127 cm³/mol. The van der Waals surface area contributed by atoms with Gasteiger partial charge in [-0.2, -0.15) is 0 Å². The molecular weight excluding hydrogens is 392 g/mol. The van der Waals surface area contributed by atoms with E-state index in [-0.39, 0.29) is 13.2 Å². The lowest BCUT2D eigenvalue weighted by Gasteiger charge is -2.20. The average Bonchev–Trinajstić information content (AvgIpc) is 3.10. The van der Waals surface area contributed by atoms with E-state index in [4.69, 9.17) is 9.47 Å². The first kappa shape index (κ1) is 28.4. The minimum absolute atomic E-state index is 0.0536. The van der Waals surface area contributed by atoms with E-state index in [1.807, 2.05) is 6.08 Å². The van der Waals surface area contributed by atoms with Gasteiger partial charge in [0, 0.05) is 0 Å². The lowest BCUT2D eigenvalue weighted by atomic mass is 10.0. The van der Waals surface area contributed by atoms with E-state index in [1.54, 1.807) is 6.26 Å². The summed E-state index contributed by atoms with van der Waals surface area (Å²) in [7, 11) is 0. The van der Waals surface area contributed by atoms with Gasteiger partial charge in [0.2, 0.25) is 0 Å². The van der Waals surface area contributed by atoms with Crippen molar-refractivity contribution in [1.29, 1.82) is 0 Å². The minimum atomic E-state index is -1.05. The fraction of sp³-hybridized carbons (Fsp3) is 0.923. The fourth-order valence-electron chi connectivity index (χ4n) is 4.16. The molecule has 0 aromatic rings. The third kappa shape index (κ3) is 15.0. The highest BCUT2D eigenvalue weighted by Gasteiger charge is 2.39. The molecule has 31 heavy (non-hydrogen) atoms. The van der Waals surface area contributed by atoms with Gasteiger partial charge < -0.3 is 24.8 Å². The van der Waals surface area contributed by atoms with Crippen LogP contribution in [0.1, 0.15) is 116 Å². The van der Waals surface area contributed by atoms with Crippen molar-refractivity contribution in [3.63, 3.8) is 0 Å². The van der Waals surface area contributed by atoms with Crippen molar-refractivity contribution in [2.24, 2.45) is 0 Å². The first-order valence-corrected chi connectivity index (χ1v) is 13.1. The zero-order chi connectivity index (χ0) is 22.6. The van der Waals surface area contributed by atoms with Crippen molar-refractivity contribution >= 4 is 0 Å². The van der Waals surface area contributed by atoms with Gasteiger partial charge >= 0.3 is 0 Å². The highest BCUT2D eigenvalue weighted by molar-refractivity contribution is 4.88. The van der Waals surface area contributed by atoms with Crippen LogP contribution in [-0.2, 0) is 9.47 Å². The van der Waals surface area contributed by atoms with Gasteiger partial charge in [0.25, 0.3) is 0 Å². The molecule has 1 aliphatic heterocycles. The van der Waals surface area contributed by atoms with Gasteiger partial charge in [-0.25, -0.2) is 0 Å². The largest absolute Gasteiger partial charge is 0.499 e. The Morgan fingerprint density at radius 1 is 0.806 bits per heavy atom. The second-order valence-corrected chi connectivity index (χ2v) is 9.22. The Bertz CT molecular complexity index is 415. The third-order valence-corrected chi connectivity index (χ3v) is 6.25. The van der Waals surface area contributed by atoms with Crippen LogP contribution >= 0.6 is 0 Å². The first-order chi connectivity index (χ1) is 15.2. The maximum atomic E-state index is 9.93. The van der Waals surface area contributed by atoms with E-state index in [2.05, 4.69) is 6.92 Å². The van der Waals surface area contributed by atoms with Crippen molar-refractivity contribution in [2.45, 2.75) is 140 Å².